The van der Waals surface area contributed by atoms with E-state index in [1.54, 1.807) is 6.07 Å². The number of hydrogen-bond acceptors (Lipinski definition) is 5. The summed E-state index contributed by atoms with van der Waals surface area (Å²) in [5, 5.41) is 15.9. The largest absolute Gasteiger partial charge is 0.378 e. The van der Waals surface area contributed by atoms with Crippen molar-refractivity contribution in [1.82, 2.24) is 14.8 Å². The highest BCUT2D eigenvalue weighted by atomic mass is 35.5. The van der Waals surface area contributed by atoms with Gasteiger partial charge in [-0.15, -0.1) is 10.2 Å². The number of amides is 1. The predicted octanol–water partition coefficient (Wildman–Crippen LogP) is 4.43. The van der Waals surface area contributed by atoms with Gasteiger partial charge in [-0.1, -0.05) is 47.1 Å². The Bertz CT molecular complexity index is 971. The quantitative estimate of drug-likeness (QED) is 0.558. The molecule has 0 bridgehead atoms. The van der Waals surface area contributed by atoms with Crippen molar-refractivity contribution in [1.29, 1.82) is 0 Å². The summed E-state index contributed by atoms with van der Waals surface area (Å²) in [6, 6.07) is 13.6. The molecule has 0 spiro atoms. The number of benzene rings is 2. The fourth-order valence-electron chi connectivity index (χ4n) is 2.48. The number of aromatic nitrogens is 3. The molecule has 3 aromatic rings. The minimum absolute atomic E-state index is 0.118. The van der Waals surface area contributed by atoms with Gasteiger partial charge in [-0.05, 0) is 43.7 Å². The van der Waals surface area contributed by atoms with Crippen LogP contribution < -0.4 is 10.6 Å². The van der Waals surface area contributed by atoms with Gasteiger partial charge in [-0.2, -0.15) is 0 Å². The lowest BCUT2D eigenvalue weighted by molar-refractivity contribution is -0.113. The second-order valence-corrected chi connectivity index (χ2v) is 7.83. The second kappa shape index (κ2) is 9.12. The lowest BCUT2D eigenvalue weighted by Crippen LogP contribution is -2.14. The summed E-state index contributed by atoms with van der Waals surface area (Å²) >= 11 is 7.43. The topological polar surface area (TPSA) is 71.8 Å². The van der Waals surface area contributed by atoms with Crippen LogP contribution in [0.3, 0.4) is 0 Å². The van der Waals surface area contributed by atoms with E-state index in [1.807, 2.05) is 42.8 Å². The maximum atomic E-state index is 12.2. The number of rotatable bonds is 7. The third-order valence-electron chi connectivity index (χ3n) is 4.22. The molecule has 0 aliphatic heterocycles. The molecule has 0 unspecified atom stereocenters. The van der Waals surface area contributed by atoms with E-state index in [9.17, 15) is 4.79 Å². The Morgan fingerprint density at radius 1 is 1.11 bits per heavy atom. The van der Waals surface area contributed by atoms with Crippen molar-refractivity contribution in [3.05, 3.63) is 64.4 Å². The molecular formula is C20H22ClN5OS. The fourth-order valence-corrected chi connectivity index (χ4v) is 3.39. The first-order chi connectivity index (χ1) is 13.4. The summed E-state index contributed by atoms with van der Waals surface area (Å²) in [6.45, 7) is 4.53. The van der Waals surface area contributed by atoms with Crippen molar-refractivity contribution in [2.24, 2.45) is 7.05 Å². The first-order valence-electron chi connectivity index (χ1n) is 8.80. The number of nitrogens with one attached hydrogen (secondary N) is 2. The Kier molecular flexibility index (Phi) is 6.59. The molecule has 1 amide bonds. The van der Waals surface area contributed by atoms with Gasteiger partial charge >= 0.3 is 0 Å². The molecule has 2 N–H and O–H groups in total. The van der Waals surface area contributed by atoms with E-state index < -0.39 is 0 Å². The molecule has 146 valence electrons. The number of anilines is 2. The molecule has 1 heterocycles. The van der Waals surface area contributed by atoms with Gasteiger partial charge in [0.2, 0.25) is 5.91 Å². The summed E-state index contributed by atoms with van der Waals surface area (Å²) in [5.74, 6) is 0.920. The summed E-state index contributed by atoms with van der Waals surface area (Å²) in [7, 11) is 1.89. The summed E-state index contributed by atoms with van der Waals surface area (Å²) in [4.78, 5) is 12.2. The van der Waals surface area contributed by atoms with Gasteiger partial charge in [0.1, 0.15) is 0 Å². The summed E-state index contributed by atoms with van der Waals surface area (Å²) in [5.41, 5.74) is 3.90. The average Bonchev–Trinajstić information content (AvgIpc) is 3.02. The zero-order chi connectivity index (χ0) is 20.1. The highest BCUT2D eigenvalue weighted by Gasteiger charge is 2.12. The third-order valence-corrected chi connectivity index (χ3v) is 5.64. The van der Waals surface area contributed by atoms with E-state index >= 15 is 0 Å². The van der Waals surface area contributed by atoms with Crippen LogP contribution in [0, 0.1) is 13.8 Å². The van der Waals surface area contributed by atoms with E-state index in [2.05, 4.69) is 39.9 Å². The maximum absolute atomic E-state index is 12.2. The highest BCUT2D eigenvalue weighted by molar-refractivity contribution is 7.99. The van der Waals surface area contributed by atoms with Gasteiger partial charge in [0, 0.05) is 23.4 Å². The van der Waals surface area contributed by atoms with Crippen LogP contribution in [0.1, 0.15) is 17.0 Å². The predicted molar refractivity (Wildman–Crippen MR) is 115 cm³/mol. The van der Waals surface area contributed by atoms with Gasteiger partial charge in [0.25, 0.3) is 0 Å². The fraction of sp³-hybridized carbons (Fsp3) is 0.250. The third kappa shape index (κ3) is 5.27. The van der Waals surface area contributed by atoms with Crippen LogP contribution in [0.15, 0.2) is 47.6 Å². The molecule has 0 saturated carbocycles. The Morgan fingerprint density at radius 3 is 2.54 bits per heavy atom. The van der Waals surface area contributed by atoms with Crippen LogP contribution in [0.2, 0.25) is 5.02 Å². The molecule has 28 heavy (non-hydrogen) atoms. The number of thioether (sulfide) groups is 1. The molecular weight excluding hydrogens is 394 g/mol. The zero-order valence-electron chi connectivity index (χ0n) is 16.0. The van der Waals surface area contributed by atoms with Crippen LogP contribution in [-0.4, -0.2) is 26.4 Å². The average molecular weight is 416 g/mol. The maximum Gasteiger partial charge on any atom is 0.234 e. The lowest BCUT2D eigenvalue weighted by atomic mass is 10.2. The van der Waals surface area contributed by atoms with E-state index in [4.69, 9.17) is 11.6 Å². The molecule has 0 aliphatic rings. The van der Waals surface area contributed by atoms with Gasteiger partial charge in [0.05, 0.1) is 12.3 Å². The first-order valence-corrected chi connectivity index (χ1v) is 10.2. The first kappa shape index (κ1) is 20.2. The van der Waals surface area contributed by atoms with Crippen molar-refractivity contribution in [2.45, 2.75) is 25.5 Å². The van der Waals surface area contributed by atoms with Gasteiger partial charge in [-0.3, -0.25) is 4.79 Å². The Morgan fingerprint density at radius 2 is 1.82 bits per heavy atom. The molecule has 0 atom stereocenters. The SMILES string of the molecule is Cc1ccc(NCc2nnc(SCC(=O)Nc3ccc(C)c(Cl)c3)n2C)cc1. The minimum Gasteiger partial charge on any atom is -0.378 e. The zero-order valence-corrected chi connectivity index (χ0v) is 17.6. The Balaban J connectivity index is 1.52. The number of aryl methyl sites for hydroxylation is 2. The van der Waals surface area contributed by atoms with E-state index in [1.165, 1.54) is 17.3 Å². The lowest BCUT2D eigenvalue weighted by Gasteiger charge is -2.08. The molecule has 3 rings (SSSR count). The van der Waals surface area contributed by atoms with Gasteiger partial charge in [0.15, 0.2) is 11.0 Å². The molecule has 0 saturated heterocycles. The highest BCUT2D eigenvalue weighted by Crippen LogP contribution is 2.21. The molecule has 1 aromatic heterocycles. The standard InChI is InChI=1S/C20H22ClN5OS/c1-13-4-7-15(8-5-13)22-11-18-24-25-20(26(18)3)28-12-19(27)23-16-9-6-14(2)17(21)10-16/h4-10,22H,11-12H2,1-3H3,(H,23,27). The van der Waals surface area contributed by atoms with Crippen molar-refractivity contribution in [3.63, 3.8) is 0 Å². The van der Waals surface area contributed by atoms with E-state index in [-0.39, 0.29) is 11.7 Å². The number of carbonyl (C=O) groups is 1. The number of nitrogens with zero attached hydrogens (tertiary/aromatic N) is 3. The van der Waals surface area contributed by atoms with Gasteiger partial charge in [-0.25, -0.2) is 0 Å². The van der Waals surface area contributed by atoms with Crippen molar-refractivity contribution >= 4 is 40.6 Å². The molecule has 0 fully saturated rings. The molecule has 0 radical (unpaired) electrons. The normalized spacial score (nSPS) is 10.7. The van der Waals surface area contributed by atoms with Crippen molar-refractivity contribution in [3.8, 4) is 0 Å². The Hall–Kier alpha value is -2.51. The van der Waals surface area contributed by atoms with E-state index in [0.29, 0.717) is 22.4 Å². The Labute approximate surface area is 173 Å². The van der Waals surface area contributed by atoms with Crippen LogP contribution >= 0.6 is 23.4 Å². The van der Waals surface area contributed by atoms with Crippen molar-refractivity contribution < 1.29 is 4.79 Å². The molecule has 0 aliphatic carbocycles. The molecule has 2 aromatic carbocycles. The number of carbonyl (C=O) groups excluding carboxylic acids is 1. The van der Waals surface area contributed by atoms with Crippen LogP contribution in [-0.2, 0) is 18.4 Å². The van der Waals surface area contributed by atoms with Crippen LogP contribution in [0.4, 0.5) is 11.4 Å². The summed E-state index contributed by atoms with van der Waals surface area (Å²) < 4.78 is 1.89. The smallest absolute Gasteiger partial charge is 0.234 e. The molecule has 8 heteroatoms. The molecule has 6 nitrogen and oxygen atoms in total. The van der Waals surface area contributed by atoms with Gasteiger partial charge < -0.3 is 15.2 Å². The van der Waals surface area contributed by atoms with Crippen LogP contribution in [0.5, 0.6) is 0 Å². The summed E-state index contributed by atoms with van der Waals surface area (Å²) in [6.07, 6.45) is 0. The number of hydrogen-bond donors (Lipinski definition) is 2. The van der Waals surface area contributed by atoms with Crippen LogP contribution in [0.25, 0.3) is 0 Å². The monoisotopic (exact) mass is 415 g/mol. The van der Waals surface area contributed by atoms with Crippen molar-refractivity contribution in [2.75, 3.05) is 16.4 Å². The number of halogens is 1. The second-order valence-electron chi connectivity index (χ2n) is 6.48. The van der Waals surface area contributed by atoms with E-state index in [0.717, 1.165) is 17.1 Å². The minimum atomic E-state index is -0.118.